The zero-order chi connectivity index (χ0) is 16.9. The highest BCUT2D eigenvalue weighted by Gasteiger charge is 2.32. The Morgan fingerprint density at radius 3 is 2.88 bits per heavy atom. The number of aryl methyl sites for hydroxylation is 1. The molecule has 1 aliphatic rings. The molecule has 5 nitrogen and oxygen atoms in total. The van der Waals surface area contributed by atoms with Gasteiger partial charge in [-0.15, -0.1) is 0 Å². The number of carbonyl (C=O) groups is 1. The number of carbonyl (C=O) groups excluding carboxylic acids is 1. The molecular formula is C19H25N3O2. The highest BCUT2D eigenvalue weighted by molar-refractivity contribution is 5.81. The van der Waals surface area contributed by atoms with Crippen molar-refractivity contribution >= 4 is 5.91 Å². The molecule has 1 aliphatic heterocycles. The Hall–Kier alpha value is -2.14. The second-order valence-electron chi connectivity index (χ2n) is 6.51. The van der Waals surface area contributed by atoms with E-state index in [9.17, 15) is 4.79 Å². The van der Waals surface area contributed by atoms with Gasteiger partial charge in [0.2, 0.25) is 0 Å². The molecule has 2 atom stereocenters. The van der Waals surface area contributed by atoms with Gasteiger partial charge in [0.05, 0.1) is 25.4 Å². The minimum Gasteiger partial charge on any atom is -0.364 e. The SMILES string of the molecule is Cc1cnn(C[C@H]2CCCN2C(=O)[C@@H](C)OCc2ccccc2)c1. The number of hydrogen-bond acceptors (Lipinski definition) is 3. The lowest BCUT2D eigenvalue weighted by atomic mass is 10.2. The summed E-state index contributed by atoms with van der Waals surface area (Å²) >= 11 is 0. The van der Waals surface area contributed by atoms with Crippen molar-refractivity contribution in [2.24, 2.45) is 0 Å². The van der Waals surface area contributed by atoms with Crippen molar-refractivity contribution in [3.8, 4) is 0 Å². The van der Waals surface area contributed by atoms with Crippen LogP contribution in [0.4, 0.5) is 0 Å². The first-order valence-corrected chi connectivity index (χ1v) is 8.58. The second-order valence-corrected chi connectivity index (χ2v) is 6.51. The highest BCUT2D eigenvalue weighted by Crippen LogP contribution is 2.21. The monoisotopic (exact) mass is 327 g/mol. The molecule has 0 radical (unpaired) electrons. The molecule has 0 saturated carbocycles. The molecule has 1 aromatic heterocycles. The number of nitrogens with zero attached hydrogens (tertiary/aromatic N) is 3. The second kappa shape index (κ2) is 7.62. The standard InChI is InChI=1S/C19H25N3O2/c1-15-11-20-21(12-15)13-18-9-6-10-22(18)19(23)16(2)24-14-17-7-4-3-5-8-17/h3-5,7-8,11-12,16,18H,6,9-10,13-14H2,1-2H3/t16-,18-/m1/s1. The van der Waals surface area contributed by atoms with Crippen LogP contribution in [0.15, 0.2) is 42.7 Å². The predicted octanol–water partition coefficient (Wildman–Crippen LogP) is 2.79. The molecule has 2 heterocycles. The summed E-state index contributed by atoms with van der Waals surface area (Å²) in [6.07, 6.45) is 5.52. The van der Waals surface area contributed by atoms with Gasteiger partial charge >= 0.3 is 0 Å². The molecule has 0 N–H and O–H groups in total. The largest absolute Gasteiger partial charge is 0.364 e. The van der Waals surface area contributed by atoms with Crippen LogP contribution in [0.25, 0.3) is 0 Å². The number of ether oxygens (including phenoxy) is 1. The van der Waals surface area contributed by atoms with E-state index in [1.165, 1.54) is 0 Å². The maximum absolute atomic E-state index is 12.7. The summed E-state index contributed by atoms with van der Waals surface area (Å²) in [6.45, 7) is 5.90. The summed E-state index contributed by atoms with van der Waals surface area (Å²) in [4.78, 5) is 14.7. The molecule has 0 unspecified atom stereocenters. The molecule has 3 rings (SSSR count). The van der Waals surface area contributed by atoms with Gasteiger partial charge in [0, 0.05) is 12.7 Å². The van der Waals surface area contributed by atoms with E-state index in [-0.39, 0.29) is 11.9 Å². The lowest BCUT2D eigenvalue weighted by Gasteiger charge is -2.27. The van der Waals surface area contributed by atoms with Crippen LogP contribution in [-0.4, -0.2) is 39.3 Å². The van der Waals surface area contributed by atoms with Crippen molar-refractivity contribution in [1.29, 1.82) is 0 Å². The Labute approximate surface area is 143 Å². The Balaban J connectivity index is 1.56. The third-order valence-electron chi connectivity index (χ3n) is 4.51. The van der Waals surface area contributed by atoms with Crippen molar-refractivity contribution in [1.82, 2.24) is 14.7 Å². The fourth-order valence-corrected chi connectivity index (χ4v) is 3.20. The fourth-order valence-electron chi connectivity index (χ4n) is 3.20. The minimum atomic E-state index is -0.426. The van der Waals surface area contributed by atoms with Gasteiger partial charge in [-0.05, 0) is 37.8 Å². The number of aromatic nitrogens is 2. The van der Waals surface area contributed by atoms with E-state index in [4.69, 9.17) is 4.74 Å². The van der Waals surface area contributed by atoms with E-state index in [2.05, 4.69) is 5.10 Å². The van der Waals surface area contributed by atoms with Gasteiger partial charge in [-0.2, -0.15) is 5.10 Å². The van der Waals surface area contributed by atoms with Crippen LogP contribution in [-0.2, 0) is 22.7 Å². The molecule has 1 aromatic carbocycles. The van der Waals surface area contributed by atoms with Gasteiger partial charge in [0.15, 0.2) is 0 Å². The van der Waals surface area contributed by atoms with Crippen LogP contribution < -0.4 is 0 Å². The van der Waals surface area contributed by atoms with Crippen LogP contribution in [0.5, 0.6) is 0 Å². The molecule has 1 fully saturated rings. The van der Waals surface area contributed by atoms with Crippen LogP contribution in [0.3, 0.4) is 0 Å². The zero-order valence-electron chi connectivity index (χ0n) is 14.4. The van der Waals surface area contributed by atoms with Crippen molar-refractivity contribution in [3.63, 3.8) is 0 Å². The molecular weight excluding hydrogens is 302 g/mol. The molecule has 0 bridgehead atoms. The van der Waals surface area contributed by atoms with E-state index >= 15 is 0 Å². The Morgan fingerprint density at radius 1 is 1.38 bits per heavy atom. The lowest BCUT2D eigenvalue weighted by molar-refractivity contribution is -0.144. The first-order valence-electron chi connectivity index (χ1n) is 8.58. The number of likely N-dealkylation sites (tertiary alicyclic amines) is 1. The zero-order valence-corrected chi connectivity index (χ0v) is 14.4. The van der Waals surface area contributed by atoms with Crippen molar-refractivity contribution in [2.75, 3.05) is 6.54 Å². The van der Waals surface area contributed by atoms with Gasteiger partial charge in [0.25, 0.3) is 5.91 Å². The van der Waals surface area contributed by atoms with Crippen molar-refractivity contribution in [3.05, 3.63) is 53.9 Å². The Kier molecular flexibility index (Phi) is 5.30. The molecule has 0 spiro atoms. The summed E-state index contributed by atoms with van der Waals surface area (Å²) in [7, 11) is 0. The van der Waals surface area contributed by atoms with Crippen LogP contribution >= 0.6 is 0 Å². The summed E-state index contributed by atoms with van der Waals surface area (Å²) in [6, 6.07) is 10.2. The van der Waals surface area contributed by atoms with Crippen LogP contribution in [0.2, 0.25) is 0 Å². The average Bonchev–Trinajstić information content (AvgIpc) is 3.22. The van der Waals surface area contributed by atoms with Gasteiger partial charge in [-0.1, -0.05) is 30.3 Å². The molecule has 0 aliphatic carbocycles. The fraction of sp³-hybridized carbons (Fsp3) is 0.474. The summed E-state index contributed by atoms with van der Waals surface area (Å²) in [5, 5.41) is 4.34. The van der Waals surface area contributed by atoms with Crippen molar-refractivity contribution in [2.45, 2.75) is 52.0 Å². The molecule has 2 aromatic rings. The molecule has 5 heteroatoms. The average molecular weight is 327 g/mol. The highest BCUT2D eigenvalue weighted by atomic mass is 16.5. The van der Waals surface area contributed by atoms with Gasteiger partial charge in [-0.25, -0.2) is 0 Å². The van der Waals surface area contributed by atoms with Crippen molar-refractivity contribution < 1.29 is 9.53 Å². The van der Waals surface area contributed by atoms with E-state index < -0.39 is 6.10 Å². The van der Waals surface area contributed by atoms with Gasteiger partial charge in [-0.3, -0.25) is 9.48 Å². The Morgan fingerprint density at radius 2 is 2.17 bits per heavy atom. The number of benzene rings is 1. The predicted molar refractivity (Wildman–Crippen MR) is 92.4 cm³/mol. The smallest absolute Gasteiger partial charge is 0.251 e. The first kappa shape index (κ1) is 16.7. The van der Waals surface area contributed by atoms with E-state index in [1.54, 1.807) is 0 Å². The third-order valence-corrected chi connectivity index (χ3v) is 4.51. The van der Waals surface area contributed by atoms with Gasteiger partial charge in [0.1, 0.15) is 6.10 Å². The van der Waals surface area contributed by atoms with E-state index in [0.29, 0.717) is 6.61 Å². The molecule has 24 heavy (non-hydrogen) atoms. The molecule has 1 amide bonds. The quantitative estimate of drug-likeness (QED) is 0.820. The topological polar surface area (TPSA) is 47.4 Å². The summed E-state index contributed by atoms with van der Waals surface area (Å²) in [5.74, 6) is 0.0808. The Bertz CT molecular complexity index is 668. The first-order chi connectivity index (χ1) is 11.6. The number of hydrogen-bond donors (Lipinski definition) is 0. The summed E-state index contributed by atoms with van der Waals surface area (Å²) in [5.41, 5.74) is 2.23. The normalized spacial score (nSPS) is 18.8. The van der Waals surface area contributed by atoms with E-state index in [0.717, 1.165) is 37.1 Å². The van der Waals surface area contributed by atoms with Crippen LogP contribution in [0.1, 0.15) is 30.9 Å². The van der Waals surface area contributed by atoms with E-state index in [1.807, 2.05) is 66.2 Å². The molecule has 1 saturated heterocycles. The maximum atomic E-state index is 12.7. The lowest BCUT2D eigenvalue weighted by Crippen LogP contribution is -2.43. The molecule has 128 valence electrons. The maximum Gasteiger partial charge on any atom is 0.251 e. The number of amides is 1. The summed E-state index contributed by atoms with van der Waals surface area (Å²) < 4.78 is 7.72. The van der Waals surface area contributed by atoms with Gasteiger partial charge < -0.3 is 9.64 Å². The third kappa shape index (κ3) is 4.03. The number of rotatable bonds is 6. The van der Waals surface area contributed by atoms with Crippen LogP contribution in [0, 0.1) is 6.92 Å². The minimum absolute atomic E-state index is 0.0808.